The zero-order valence-corrected chi connectivity index (χ0v) is 16.7. The molecule has 2 N–H and O–H groups in total. The Morgan fingerprint density at radius 3 is 2.11 bits per heavy atom. The molecule has 144 valence electrons. The first-order chi connectivity index (χ1) is 13.4. The molecule has 0 saturated carbocycles. The largest absolute Gasteiger partial charge is 0.324 e. The van der Waals surface area contributed by atoms with Crippen LogP contribution in [0, 0.1) is 0 Å². The Bertz CT molecular complexity index is 932. The van der Waals surface area contributed by atoms with E-state index >= 15 is 0 Å². The second-order valence-electron chi connectivity index (χ2n) is 7.39. The van der Waals surface area contributed by atoms with Crippen molar-refractivity contribution in [2.45, 2.75) is 39.5 Å². The van der Waals surface area contributed by atoms with E-state index in [2.05, 4.69) is 60.4 Å². The van der Waals surface area contributed by atoms with Crippen molar-refractivity contribution >= 4 is 23.2 Å². The van der Waals surface area contributed by atoms with Crippen LogP contribution >= 0.6 is 0 Å². The third kappa shape index (κ3) is 4.74. The number of rotatable bonds is 6. The minimum Gasteiger partial charge on any atom is -0.324 e. The molecular weight excluding hydrogens is 348 g/mol. The molecule has 2 aromatic carbocycles. The van der Waals surface area contributed by atoms with E-state index < -0.39 is 0 Å². The van der Waals surface area contributed by atoms with Gasteiger partial charge in [0.15, 0.2) is 0 Å². The lowest BCUT2D eigenvalue weighted by Crippen LogP contribution is -2.14. The van der Waals surface area contributed by atoms with Crippen molar-refractivity contribution in [3.8, 4) is 0 Å². The molecule has 5 nitrogen and oxygen atoms in total. The molecule has 0 atom stereocenters. The van der Waals surface area contributed by atoms with Gasteiger partial charge in [-0.1, -0.05) is 58.0 Å². The number of nitrogens with one attached hydrogen (secondary N) is 2. The van der Waals surface area contributed by atoms with Crippen LogP contribution in [0.15, 0.2) is 60.9 Å². The molecule has 0 radical (unpaired) electrons. The zero-order chi connectivity index (χ0) is 20.1. The second-order valence-corrected chi connectivity index (χ2v) is 7.39. The molecule has 28 heavy (non-hydrogen) atoms. The summed E-state index contributed by atoms with van der Waals surface area (Å²) in [5.41, 5.74) is 4.52. The van der Waals surface area contributed by atoms with Crippen molar-refractivity contribution in [3.63, 3.8) is 0 Å². The van der Waals surface area contributed by atoms with Crippen LogP contribution in [0.4, 0.5) is 17.3 Å². The van der Waals surface area contributed by atoms with E-state index in [-0.39, 0.29) is 5.91 Å². The molecule has 1 heterocycles. The van der Waals surface area contributed by atoms with E-state index in [0.717, 1.165) is 16.9 Å². The lowest BCUT2D eigenvalue weighted by atomic mass is 10.0. The topological polar surface area (TPSA) is 66.9 Å². The van der Waals surface area contributed by atoms with Gasteiger partial charge in [-0.15, -0.1) is 0 Å². The number of nitrogens with zero attached hydrogens (tertiary/aromatic N) is 2. The number of amides is 1. The Hall–Kier alpha value is -3.21. The summed E-state index contributed by atoms with van der Waals surface area (Å²) in [6, 6.07) is 16.0. The highest BCUT2D eigenvalue weighted by Crippen LogP contribution is 2.24. The lowest BCUT2D eigenvalue weighted by Gasteiger charge is -2.13. The molecule has 0 spiro atoms. The van der Waals surface area contributed by atoms with Gasteiger partial charge in [0.2, 0.25) is 5.95 Å². The Kier molecular flexibility index (Phi) is 6.04. The third-order valence-electron chi connectivity index (χ3n) is 4.58. The van der Waals surface area contributed by atoms with Crippen molar-refractivity contribution in [1.29, 1.82) is 0 Å². The molecule has 0 unspecified atom stereocenters. The number of carbonyl (C=O) groups excluding carboxylic acids is 1. The van der Waals surface area contributed by atoms with Crippen molar-refractivity contribution in [1.82, 2.24) is 9.97 Å². The van der Waals surface area contributed by atoms with Crippen LogP contribution in [0.2, 0.25) is 0 Å². The highest BCUT2D eigenvalue weighted by atomic mass is 16.1. The first-order valence-corrected chi connectivity index (χ1v) is 9.53. The molecule has 1 amide bonds. The highest BCUT2D eigenvalue weighted by molar-refractivity contribution is 6.04. The minimum atomic E-state index is -0.221. The van der Waals surface area contributed by atoms with Crippen LogP contribution in [0.25, 0.3) is 0 Å². The van der Waals surface area contributed by atoms with Gasteiger partial charge in [0.25, 0.3) is 5.91 Å². The van der Waals surface area contributed by atoms with E-state index in [4.69, 9.17) is 0 Å². The number of anilines is 3. The normalized spacial score (nSPS) is 10.9. The van der Waals surface area contributed by atoms with Gasteiger partial charge in [-0.05, 0) is 41.2 Å². The summed E-state index contributed by atoms with van der Waals surface area (Å²) in [6.07, 6.45) is 3.07. The average Bonchev–Trinajstić information content (AvgIpc) is 2.69. The number of carbonyl (C=O) groups is 1. The van der Waals surface area contributed by atoms with Gasteiger partial charge in [-0.2, -0.15) is 0 Å². The van der Waals surface area contributed by atoms with Crippen LogP contribution in [0.3, 0.4) is 0 Å². The van der Waals surface area contributed by atoms with Gasteiger partial charge < -0.3 is 10.6 Å². The molecular formula is C23H26N4O. The first kappa shape index (κ1) is 19.5. The van der Waals surface area contributed by atoms with Gasteiger partial charge in [0.05, 0.1) is 5.56 Å². The molecule has 3 rings (SSSR count). The lowest BCUT2D eigenvalue weighted by molar-refractivity contribution is 0.102. The van der Waals surface area contributed by atoms with Crippen molar-refractivity contribution in [3.05, 3.63) is 77.6 Å². The van der Waals surface area contributed by atoms with E-state index in [1.54, 1.807) is 0 Å². The maximum atomic E-state index is 12.5. The summed E-state index contributed by atoms with van der Waals surface area (Å²) in [6.45, 7) is 8.52. The standard InChI is InChI=1S/C23H26N4O/c1-15(2)17-9-11-19(12-10-17)26-23-24-13-18(14-25-23)22(28)27-21-8-6-5-7-20(21)16(3)4/h5-16H,1-4H3,(H,27,28)(H,24,25,26). The first-order valence-electron chi connectivity index (χ1n) is 9.53. The molecule has 0 aliphatic heterocycles. The molecule has 0 aliphatic rings. The molecule has 3 aromatic rings. The highest BCUT2D eigenvalue weighted by Gasteiger charge is 2.12. The predicted molar refractivity (Wildman–Crippen MR) is 114 cm³/mol. The monoisotopic (exact) mass is 374 g/mol. The summed E-state index contributed by atoms with van der Waals surface area (Å²) in [7, 11) is 0. The van der Waals surface area contributed by atoms with Crippen LogP contribution in [-0.2, 0) is 0 Å². The Labute approximate surface area is 166 Å². The molecule has 0 saturated heterocycles. The minimum absolute atomic E-state index is 0.221. The van der Waals surface area contributed by atoms with Gasteiger partial charge in [-0.3, -0.25) is 4.79 Å². The fourth-order valence-corrected chi connectivity index (χ4v) is 2.90. The number of benzene rings is 2. The summed E-state index contributed by atoms with van der Waals surface area (Å²) < 4.78 is 0. The Morgan fingerprint density at radius 1 is 0.857 bits per heavy atom. The van der Waals surface area contributed by atoms with E-state index in [0.29, 0.717) is 23.3 Å². The second kappa shape index (κ2) is 8.65. The molecule has 0 fully saturated rings. The summed E-state index contributed by atoms with van der Waals surface area (Å²) in [4.78, 5) is 21.1. The molecule has 5 heteroatoms. The zero-order valence-electron chi connectivity index (χ0n) is 16.7. The number of hydrogen-bond donors (Lipinski definition) is 2. The van der Waals surface area contributed by atoms with Crippen molar-refractivity contribution in [2.24, 2.45) is 0 Å². The molecule has 1 aromatic heterocycles. The summed E-state index contributed by atoms with van der Waals surface area (Å²) in [5, 5.41) is 6.11. The number of aromatic nitrogens is 2. The van der Waals surface area contributed by atoms with Gasteiger partial charge in [0, 0.05) is 23.8 Å². The van der Waals surface area contributed by atoms with E-state index in [9.17, 15) is 4.79 Å². The van der Waals surface area contributed by atoms with Crippen molar-refractivity contribution < 1.29 is 4.79 Å². The van der Waals surface area contributed by atoms with Crippen LogP contribution < -0.4 is 10.6 Å². The van der Waals surface area contributed by atoms with Crippen molar-refractivity contribution in [2.75, 3.05) is 10.6 Å². The number of para-hydroxylation sites is 1. The third-order valence-corrected chi connectivity index (χ3v) is 4.58. The smallest absolute Gasteiger partial charge is 0.258 e. The summed E-state index contributed by atoms with van der Waals surface area (Å²) in [5.74, 6) is 1.04. The van der Waals surface area contributed by atoms with Gasteiger partial charge in [-0.25, -0.2) is 9.97 Å². The van der Waals surface area contributed by atoms with E-state index in [1.807, 2.05) is 36.4 Å². The van der Waals surface area contributed by atoms with Gasteiger partial charge in [0.1, 0.15) is 0 Å². The van der Waals surface area contributed by atoms with Crippen LogP contribution in [0.5, 0.6) is 0 Å². The van der Waals surface area contributed by atoms with E-state index in [1.165, 1.54) is 18.0 Å². The van der Waals surface area contributed by atoms with Gasteiger partial charge >= 0.3 is 0 Å². The Morgan fingerprint density at radius 2 is 1.50 bits per heavy atom. The maximum absolute atomic E-state index is 12.5. The summed E-state index contributed by atoms with van der Waals surface area (Å²) >= 11 is 0. The fourth-order valence-electron chi connectivity index (χ4n) is 2.90. The quantitative estimate of drug-likeness (QED) is 0.579. The molecule has 0 bridgehead atoms. The fraction of sp³-hybridized carbons (Fsp3) is 0.261. The number of hydrogen-bond acceptors (Lipinski definition) is 4. The van der Waals surface area contributed by atoms with Crippen LogP contribution in [-0.4, -0.2) is 15.9 Å². The van der Waals surface area contributed by atoms with Crippen LogP contribution in [0.1, 0.15) is 61.0 Å². The Balaban J connectivity index is 1.68. The predicted octanol–water partition coefficient (Wildman–Crippen LogP) is 5.72. The average molecular weight is 374 g/mol. The SMILES string of the molecule is CC(C)c1ccc(Nc2ncc(C(=O)Nc3ccccc3C(C)C)cn2)cc1. The molecule has 0 aliphatic carbocycles. The maximum Gasteiger partial charge on any atom is 0.258 e.